The largest absolute Gasteiger partial charge is 0.480 e. The lowest BCUT2D eigenvalue weighted by atomic mass is 10.0. The molecule has 11 nitrogen and oxygen atoms in total. The Labute approximate surface area is 271 Å². The molecule has 2 amide bonds. The second kappa shape index (κ2) is 13.4. The van der Waals surface area contributed by atoms with E-state index in [1.807, 2.05) is 0 Å². The van der Waals surface area contributed by atoms with E-state index < -0.39 is 41.2 Å². The molecule has 0 saturated carbocycles. The Kier molecular flexibility index (Phi) is 9.38. The van der Waals surface area contributed by atoms with Gasteiger partial charge in [0.25, 0.3) is 11.8 Å². The van der Waals surface area contributed by atoms with Crippen LogP contribution in [0.3, 0.4) is 0 Å². The molecule has 0 spiro atoms. The summed E-state index contributed by atoms with van der Waals surface area (Å²) in [5.41, 5.74) is 1.21. The SMILES string of the molecule is CC(C)(C)OC(=O)Nc1ccc(-c2nc(-c3ccc(CC(NC(=O)c4cc(-c5ccc(Cl)cc5F)c[nH]4)C(=O)O)cc3F)no2)cc1. The number of carboxylic acid groups (broad SMARTS) is 1. The maximum Gasteiger partial charge on any atom is 0.412 e. The standard InChI is InChI=1S/C33H28ClF2N5O6/c1-33(2,3)46-32(45)38-21-8-5-18(6-9-21)30-40-28(41-47-30)23-10-4-17(12-24(23)35)13-27(31(43)44)39-29(42)26-14-19(16-37-26)22-11-7-20(34)15-25(22)36/h4-12,14-16,27,37H,13H2,1-3H3,(H,38,45)(H,39,42)(H,43,44). The zero-order valence-corrected chi connectivity index (χ0v) is 26.0. The molecular weight excluding hydrogens is 636 g/mol. The van der Waals surface area contributed by atoms with E-state index in [4.69, 9.17) is 20.9 Å². The molecule has 1 unspecified atom stereocenters. The lowest BCUT2D eigenvalue weighted by Gasteiger charge is -2.19. The van der Waals surface area contributed by atoms with Gasteiger partial charge in [-0.25, -0.2) is 18.4 Å². The predicted octanol–water partition coefficient (Wildman–Crippen LogP) is 7.10. The Bertz CT molecular complexity index is 1950. The molecule has 2 heterocycles. The van der Waals surface area contributed by atoms with Crippen molar-refractivity contribution in [1.82, 2.24) is 20.4 Å². The van der Waals surface area contributed by atoms with E-state index in [1.165, 1.54) is 36.5 Å². The number of anilines is 1. The lowest BCUT2D eigenvalue weighted by Crippen LogP contribution is -2.42. The summed E-state index contributed by atoms with van der Waals surface area (Å²) in [5.74, 6) is -3.34. The quantitative estimate of drug-likeness (QED) is 0.130. The smallest absolute Gasteiger partial charge is 0.412 e. The summed E-state index contributed by atoms with van der Waals surface area (Å²) in [6.07, 6.45) is 0.565. The number of rotatable bonds is 9. The van der Waals surface area contributed by atoms with Gasteiger partial charge in [-0.05, 0) is 87.0 Å². The molecule has 0 fully saturated rings. The molecule has 4 N–H and O–H groups in total. The third kappa shape index (κ3) is 8.19. The normalized spacial score (nSPS) is 12.0. The van der Waals surface area contributed by atoms with Gasteiger partial charge in [-0.2, -0.15) is 4.98 Å². The van der Waals surface area contributed by atoms with Crippen LogP contribution < -0.4 is 10.6 Å². The van der Waals surface area contributed by atoms with Crippen molar-refractivity contribution in [2.75, 3.05) is 5.32 Å². The summed E-state index contributed by atoms with van der Waals surface area (Å²) in [4.78, 5) is 43.8. The highest BCUT2D eigenvalue weighted by atomic mass is 35.5. The van der Waals surface area contributed by atoms with Gasteiger partial charge in [0.05, 0.1) is 5.56 Å². The topological polar surface area (TPSA) is 159 Å². The molecule has 242 valence electrons. The maximum absolute atomic E-state index is 15.2. The van der Waals surface area contributed by atoms with E-state index in [-0.39, 0.29) is 45.5 Å². The van der Waals surface area contributed by atoms with Crippen LogP contribution in [0.2, 0.25) is 5.02 Å². The molecule has 3 aromatic carbocycles. The molecule has 0 aliphatic rings. The zero-order valence-electron chi connectivity index (χ0n) is 25.2. The van der Waals surface area contributed by atoms with Gasteiger partial charge in [0.1, 0.15) is 29.0 Å². The number of carbonyl (C=O) groups is 3. The van der Waals surface area contributed by atoms with Crippen LogP contribution in [0.5, 0.6) is 0 Å². The summed E-state index contributed by atoms with van der Waals surface area (Å²) in [6, 6.07) is 14.6. The number of H-pyrrole nitrogens is 1. The van der Waals surface area contributed by atoms with Gasteiger partial charge >= 0.3 is 12.1 Å². The molecule has 14 heteroatoms. The molecule has 5 rings (SSSR count). The first-order valence-corrected chi connectivity index (χ1v) is 14.5. The molecule has 0 bridgehead atoms. The van der Waals surface area contributed by atoms with E-state index in [0.717, 1.165) is 12.1 Å². The third-order valence-electron chi connectivity index (χ3n) is 6.69. The van der Waals surface area contributed by atoms with Gasteiger partial charge in [0, 0.05) is 40.0 Å². The van der Waals surface area contributed by atoms with Crippen LogP contribution in [0.4, 0.5) is 19.3 Å². The highest BCUT2D eigenvalue weighted by molar-refractivity contribution is 6.30. The van der Waals surface area contributed by atoms with Crippen molar-refractivity contribution in [1.29, 1.82) is 0 Å². The summed E-state index contributed by atoms with van der Waals surface area (Å²) < 4.78 is 40.0. The number of amides is 2. The van der Waals surface area contributed by atoms with E-state index in [9.17, 15) is 23.9 Å². The molecule has 2 aromatic heterocycles. The Hall–Kier alpha value is -5.56. The average Bonchev–Trinajstić information content (AvgIpc) is 3.67. The van der Waals surface area contributed by atoms with Crippen LogP contribution in [-0.4, -0.2) is 49.8 Å². The Morgan fingerprint density at radius 1 is 0.979 bits per heavy atom. The van der Waals surface area contributed by atoms with E-state index in [0.29, 0.717) is 16.8 Å². The number of nitrogens with zero attached hydrogens (tertiary/aromatic N) is 2. The van der Waals surface area contributed by atoms with Crippen molar-refractivity contribution in [2.45, 2.75) is 38.8 Å². The van der Waals surface area contributed by atoms with Crippen LogP contribution >= 0.6 is 11.6 Å². The van der Waals surface area contributed by atoms with Crippen LogP contribution in [0.25, 0.3) is 34.0 Å². The van der Waals surface area contributed by atoms with Crippen molar-refractivity contribution in [3.63, 3.8) is 0 Å². The molecule has 47 heavy (non-hydrogen) atoms. The van der Waals surface area contributed by atoms with Crippen molar-refractivity contribution in [2.24, 2.45) is 0 Å². The monoisotopic (exact) mass is 663 g/mol. The minimum atomic E-state index is -1.41. The second-order valence-electron chi connectivity index (χ2n) is 11.4. The minimum Gasteiger partial charge on any atom is -0.480 e. The summed E-state index contributed by atoms with van der Waals surface area (Å²) in [5, 5.41) is 18.8. The van der Waals surface area contributed by atoms with Gasteiger partial charge in [-0.15, -0.1) is 0 Å². The third-order valence-corrected chi connectivity index (χ3v) is 6.93. The fraction of sp³-hybridized carbons (Fsp3) is 0.182. The summed E-state index contributed by atoms with van der Waals surface area (Å²) in [7, 11) is 0. The number of hydrogen-bond acceptors (Lipinski definition) is 7. The van der Waals surface area contributed by atoms with Gasteiger partial charge in [0.2, 0.25) is 5.82 Å². The number of benzene rings is 3. The molecule has 1 atom stereocenters. The van der Waals surface area contributed by atoms with Gasteiger partial charge in [-0.1, -0.05) is 22.8 Å². The number of aliphatic carboxylic acids is 1. The maximum atomic E-state index is 15.2. The Balaban J connectivity index is 1.24. The van der Waals surface area contributed by atoms with Crippen LogP contribution in [0.15, 0.2) is 77.4 Å². The molecule has 0 aliphatic heterocycles. The van der Waals surface area contributed by atoms with Crippen LogP contribution in [0.1, 0.15) is 36.8 Å². The predicted molar refractivity (Wildman–Crippen MR) is 169 cm³/mol. The first kappa shape index (κ1) is 32.8. The van der Waals surface area contributed by atoms with Crippen LogP contribution in [-0.2, 0) is 16.0 Å². The van der Waals surface area contributed by atoms with Gasteiger partial charge in [-0.3, -0.25) is 10.1 Å². The second-order valence-corrected chi connectivity index (χ2v) is 11.9. The number of ether oxygens (including phenoxy) is 1. The number of hydrogen-bond donors (Lipinski definition) is 4. The number of aromatic amines is 1. The van der Waals surface area contributed by atoms with Crippen LogP contribution in [0, 0.1) is 11.6 Å². The van der Waals surface area contributed by atoms with E-state index in [2.05, 4.69) is 25.8 Å². The summed E-state index contributed by atoms with van der Waals surface area (Å²) in [6.45, 7) is 5.26. The first-order chi connectivity index (χ1) is 22.3. The average molecular weight is 664 g/mol. The van der Waals surface area contributed by atoms with Crippen molar-refractivity contribution < 1.29 is 37.5 Å². The highest BCUT2D eigenvalue weighted by Crippen LogP contribution is 2.28. The molecule has 5 aromatic rings. The highest BCUT2D eigenvalue weighted by Gasteiger charge is 2.24. The van der Waals surface area contributed by atoms with E-state index in [1.54, 1.807) is 45.0 Å². The fourth-order valence-electron chi connectivity index (χ4n) is 4.51. The number of halogens is 3. The summed E-state index contributed by atoms with van der Waals surface area (Å²) >= 11 is 5.80. The van der Waals surface area contributed by atoms with Crippen molar-refractivity contribution in [3.8, 4) is 34.0 Å². The number of carbonyl (C=O) groups excluding carboxylic acids is 2. The minimum absolute atomic E-state index is 0.00369. The molecule has 0 radical (unpaired) electrons. The lowest BCUT2D eigenvalue weighted by molar-refractivity contribution is -0.139. The zero-order chi connectivity index (χ0) is 33.9. The Morgan fingerprint density at radius 2 is 1.68 bits per heavy atom. The molecular formula is C33H28ClF2N5O6. The molecule has 0 aliphatic carbocycles. The number of aromatic nitrogens is 3. The van der Waals surface area contributed by atoms with Gasteiger partial charge < -0.3 is 24.7 Å². The van der Waals surface area contributed by atoms with E-state index >= 15 is 4.39 Å². The number of carboxylic acids is 1. The molecule has 0 saturated heterocycles. The van der Waals surface area contributed by atoms with Crippen molar-refractivity contribution >= 4 is 35.3 Å². The Morgan fingerprint density at radius 3 is 2.34 bits per heavy atom. The first-order valence-electron chi connectivity index (χ1n) is 14.2. The number of nitrogens with one attached hydrogen (secondary N) is 3. The van der Waals surface area contributed by atoms with Crippen molar-refractivity contribution in [3.05, 3.63) is 101 Å². The van der Waals surface area contributed by atoms with Gasteiger partial charge in [0.15, 0.2) is 0 Å². The fourth-order valence-corrected chi connectivity index (χ4v) is 4.67.